The molecule has 21 heavy (non-hydrogen) atoms. The molecule has 1 aromatic rings. The maximum absolute atomic E-state index is 12.3. The monoisotopic (exact) mass is 310 g/mol. The topological polar surface area (TPSA) is 41.6 Å². The Hall–Kier alpha value is -1.26. The van der Waals surface area contributed by atoms with Crippen LogP contribution in [0.15, 0.2) is 18.2 Å². The van der Waals surface area contributed by atoms with Crippen LogP contribution in [0.5, 0.6) is 5.75 Å². The molecule has 2 heterocycles. The van der Waals surface area contributed by atoms with Crippen molar-refractivity contribution in [3.63, 3.8) is 0 Å². The number of benzene rings is 1. The first kappa shape index (κ1) is 16.1. The molecule has 0 atom stereocenters. The van der Waals surface area contributed by atoms with Crippen molar-refractivity contribution in [2.24, 2.45) is 5.92 Å². The normalized spacial score (nSPS) is 17.5. The van der Waals surface area contributed by atoms with Crippen molar-refractivity contribution in [1.29, 1.82) is 0 Å². The van der Waals surface area contributed by atoms with E-state index in [9.17, 15) is 4.79 Å². The van der Waals surface area contributed by atoms with Crippen molar-refractivity contribution in [2.45, 2.75) is 26.3 Å². The summed E-state index contributed by atoms with van der Waals surface area (Å²) < 4.78 is 5.67. The van der Waals surface area contributed by atoms with E-state index in [0.29, 0.717) is 5.91 Å². The highest BCUT2D eigenvalue weighted by molar-refractivity contribution is 5.85. The van der Waals surface area contributed by atoms with E-state index in [1.165, 1.54) is 11.1 Å². The van der Waals surface area contributed by atoms with E-state index in [1.807, 2.05) is 11.0 Å². The molecule has 4 nitrogen and oxygen atoms in total. The molecular formula is C16H23ClN2O2. The summed E-state index contributed by atoms with van der Waals surface area (Å²) in [5.74, 6) is 1.46. The summed E-state index contributed by atoms with van der Waals surface area (Å²) >= 11 is 0. The molecule has 116 valence electrons. The summed E-state index contributed by atoms with van der Waals surface area (Å²) in [4.78, 5) is 14.3. The number of carbonyl (C=O) groups is 1. The SMILES string of the molecule is CCCOc1ccc2c(c1)CCN(C(=O)C1CNC1)C2.Cl. The highest BCUT2D eigenvalue weighted by atomic mass is 35.5. The number of carbonyl (C=O) groups excluding carboxylic acids is 1. The van der Waals surface area contributed by atoms with Crippen LogP contribution in [-0.4, -0.2) is 37.0 Å². The quantitative estimate of drug-likeness (QED) is 0.925. The van der Waals surface area contributed by atoms with Crippen LogP contribution in [-0.2, 0) is 17.8 Å². The molecule has 1 N–H and O–H groups in total. The van der Waals surface area contributed by atoms with E-state index >= 15 is 0 Å². The molecule has 1 fully saturated rings. The molecular weight excluding hydrogens is 288 g/mol. The largest absolute Gasteiger partial charge is 0.494 e. The van der Waals surface area contributed by atoms with E-state index < -0.39 is 0 Å². The number of hydrogen-bond acceptors (Lipinski definition) is 3. The van der Waals surface area contributed by atoms with Gasteiger partial charge in [-0.05, 0) is 36.1 Å². The fourth-order valence-corrected chi connectivity index (χ4v) is 2.75. The maximum Gasteiger partial charge on any atom is 0.228 e. The van der Waals surface area contributed by atoms with Crippen LogP contribution in [0, 0.1) is 5.92 Å². The third-order valence-electron chi connectivity index (χ3n) is 4.11. The minimum atomic E-state index is 0. The highest BCUT2D eigenvalue weighted by Crippen LogP contribution is 2.25. The molecule has 5 heteroatoms. The van der Waals surface area contributed by atoms with Gasteiger partial charge in [0.15, 0.2) is 0 Å². The van der Waals surface area contributed by atoms with Gasteiger partial charge in [0, 0.05) is 26.2 Å². The van der Waals surface area contributed by atoms with Gasteiger partial charge in [0.25, 0.3) is 0 Å². The highest BCUT2D eigenvalue weighted by Gasteiger charge is 2.30. The number of halogens is 1. The molecule has 0 aromatic heterocycles. The zero-order valence-electron chi connectivity index (χ0n) is 12.4. The summed E-state index contributed by atoms with van der Waals surface area (Å²) in [6, 6.07) is 6.27. The first-order valence-corrected chi connectivity index (χ1v) is 7.52. The van der Waals surface area contributed by atoms with Gasteiger partial charge in [0.1, 0.15) is 5.75 Å². The lowest BCUT2D eigenvalue weighted by atomic mass is 9.96. The Morgan fingerprint density at radius 2 is 2.19 bits per heavy atom. The van der Waals surface area contributed by atoms with Crippen LogP contribution in [0.1, 0.15) is 24.5 Å². The van der Waals surface area contributed by atoms with Gasteiger partial charge in [-0.25, -0.2) is 0 Å². The Balaban J connectivity index is 0.00000161. The lowest BCUT2D eigenvalue weighted by Crippen LogP contribution is -2.52. The summed E-state index contributed by atoms with van der Waals surface area (Å²) in [5, 5.41) is 3.16. The summed E-state index contributed by atoms with van der Waals surface area (Å²) in [6.45, 7) is 6.13. The minimum absolute atomic E-state index is 0. The average Bonchev–Trinajstić information content (AvgIpc) is 2.42. The first-order valence-electron chi connectivity index (χ1n) is 7.52. The number of hydrogen-bond donors (Lipinski definition) is 1. The predicted octanol–water partition coefficient (Wildman–Crippen LogP) is 2.00. The molecule has 0 aliphatic carbocycles. The maximum atomic E-state index is 12.3. The molecule has 0 radical (unpaired) electrons. The molecule has 0 saturated carbocycles. The number of nitrogens with zero attached hydrogens (tertiary/aromatic N) is 1. The third kappa shape index (κ3) is 3.50. The zero-order valence-corrected chi connectivity index (χ0v) is 13.2. The summed E-state index contributed by atoms with van der Waals surface area (Å²) in [7, 11) is 0. The molecule has 2 aliphatic rings. The second kappa shape index (κ2) is 7.14. The first-order chi connectivity index (χ1) is 9.78. The second-order valence-electron chi connectivity index (χ2n) is 5.64. The van der Waals surface area contributed by atoms with E-state index in [0.717, 1.165) is 51.4 Å². The van der Waals surface area contributed by atoms with Crippen LogP contribution in [0.3, 0.4) is 0 Å². The molecule has 3 rings (SSSR count). The molecule has 1 aromatic carbocycles. The molecule has 0 spiro atoms. The Bertz CT molecular complexity index is 503. The van der Waals surface area contributed by atoms with Crippen LogP contribution < -0.4 is 10.1 Å². The number of fused-ring (bicyclic) bond motifs is 1. The van der Waals surface area contributed by atoms with Gasteiger partial charge >= 0.3 is 0 Å². The molecule has 0 bridgehead atoms. The standard InChI is InChI=1S/C16H22N2O2.ClH/c1-2-7-20-15-4-3-13-11-18(6-5-12(13)8-15)16(19)14-9-17-10-14;/h3-4,8,14,17H,2,5-7,9-11H2,1H3;1H. The van der Waals surface area contributed by atoms with Crippen molar-refractivity contribution < 1.29 is 9.53 Å². The molecule has 1 saturated heterocycles. The molecule has 1 amide bonds. The lowest BCUT2D eigenvalue weighted by molar-refractivity contribution is -0.138. The molecule has 2 aliphatic heterocycles. The van der Waals surface area contributed by atoms with E-state index in [4.69, 9.17) is 4.74 Å². The fourth-order valence-electron chi connectivity index (χ4n) is 2.75. The lowest BCUT2D eigenvalue weighted by Gasteiger charge is -2.35. The van der Waals surface area contributed by atoms with Crippen molar-refractivity contribution in [3.8, 4) is 5.75 Å². The van der Waals surface area contributed by atoms with Gasteiger partial charge in [0.05, 0.1) is 12.5 Å². The Labute approximate surface area is 132 Å². The van der Waals surface area contributed by atoms with Crippen molar-refractivity contribution in [2.75, 3.05) is 26.2 Å². The third-order valence-corrected chi connectivity index (χ3v) is 4.11. The van der Waals surface area contributed by atoms with Crippen LogP contribution in [0.2, 0.25) is 0 Å². The van der Waals surface area contributed by atoms with Crippen molar-refractivity contribution in [1.82, 2.24) is 10.2 Å². The van der Waals surface area contributed by atoms with Crippen molar-refractivity contribution >= 4 is 18.3 Å². The van der Waals surface area contributed by atoms with Gasteiger partial charge in [-0.1, -0.05) is 13.0 Å². The summed E-state index contributed by atoms with van der Waals surface area (Å²) in [5.41, 5.74) is 2.59. The van der Waals surface area contributed by atoms with Crippen LogP contribution >= 0.6 is 12.4 Å². The van der Waals surface area contributed by atoms with E-state index in [2.05, 4.69) is 24.4 Å². The Morgan fingerprint density at radius 3 is 2.86 bits per heavy atom. The number of amides is 1. The van der Waals surface area contributed by atoms with Gasteiger partial charge in [-0.2, -0.15) is 0 Å². The zero-order chi connectivity index (χ0) is 13.9. The Morgan fingerprint density at radius 1 is 1.38 bits per heavy atom. The van der Waals surface area contributed by atoms with E-state index in [1.54, 1.807) is 0 Å². The van der Waals surface area contributed by atoms with Crippen molar-refractivity contribution in [3.05, 3.63) is 29.3 Å². The summed E-state index contributed by atoms with van der Waals surface area (Å²) in [6.07, 6.45) is 1.96. The molecule has 0 unspecified atom stereocenters. The van der Waals surface area contributed by atoms with Gasteiger partial charge in [-0.3, -0.25) is 4.79 Å². The van der Waals surface area contributed by atoms with E-state index in [-0.39, 0.29) is 18.3 Å². The Kier molecular flexibility index (Phi) is 5.48. The fraction of sp³-hybridized carbons (Fsp3) is 0.562. The van der Waals surface area contributed by atoms with Gasteiger partial charge in [-0.15, -0.1) is 12.4 Å². The average molecular weight is 311 g/mol. The number of ether oxygens (including phenoxy) is 1. The van der Waals surface area contributed by atoms with Crippen LogP contribution in [0.25, 0.3) is 0 Å². The predicted molar refractivity (Wildman–Crippen MR) is 85.0 cm³/mol. The second-order valence-corrected chi connectivity index (χ2v) is 5.64. The smallest absolute Gasteiger partial charge is 0.228 e. The number of nitrogens with one attached hydrogen (secondary N) is 1. The van der Waals surface area contributed by atoms with Crippen LogP contribution in [0.4, 0.5) is 0 Å². The minimum Gasteiger partial charge on any atom is -0.494 e. The number of rotatable bonds is 4. The van der Waals surface area contributed by atoms with Gasteiger partial charge in [0.2, 0.25) is 5.91 Å². The van der Waals surface area contributed by atoms with Gasteiger partial charge < -0.3 is 15.0 Å².